The van der Waals surface area contributed by atoms with Gasteiger partial charge in [-0.1, -0.05) is 0 Å². The van der Waals surface area contributed by atoms with Gasteiger partial charge in [0.05, 0.1) is 0 Å². The Morgan fingerprint density at radius 2 is 2.00 bits per heavy atom. The van der Waals surface area contributed by atoms with E-state index in [9.17, 15) is 19.2 Å². The fraction of sp³-hybridized carbons (Fsp3) is 0.667. The Labute approximate surface area is 110 Å². The smallest absolute Gasteiger partial charge is 0.331 e. The fourth-order valence-electron chi connectivity index (χ4n) is 2.20. The Morgan fingerprint density at radius 1 is 1.42 bits per heavy atom. The van der Waals surface area contributed by atoms with Crippen molar-refractivity contribution < 1.29 is 19.2 Å². The number of barbiturate groups is 1. The number of urea groups is 1. The molecule has 2 rings (SSSR count). The van der Waals surface area contributed by atoms with Crippen LogP contribution in [-0.4, -0.2) is 53.2 Å². The molecule has 19 heavy (non-hydrogen) atoms. The Kier molecular flexibility index (Phi) is 3.07. The monoisotopic (exact) mass is 267 g/mol. The summed E-state index contributed by atoms with van der Waals surface area (Å²) in [6.07, 6.45) is 0.873. The van der Waals surface area contributed by atoms with E-state index in [-0.39, 0.29) is 5.91 Å². The van der Waals surface area contributed by atoms with Gasteiger partial charge in [0.15, 0.2) is 0 Å². The van der Waals surface area contributed by atoms with Crippen molar-refractivity contribution in [2.45, 2.75) is 32.7 Å². The summed E-state index contributed by atoms with van der Waals surface area (Å²) in [6.45, 7) is 3.78. The number of nitrogens with zero attached hydrogens (tertiary/aromatic N) is 2. The molecule has 1 spiro atoms. The Balaban J connectivity index is 2.23. The van der Waals surface area contributed by atoms with Gasteiger partial charge >= 0.3 is 6.03 Å². The third-order valence-electron chi connectivity index (χ3n) is 3.85. The summed E-state index contributed by atoms with van der Waals surface area (Å²) in [6, 6.07) is -1.71. The molecule has 1 heterocycles. The van der Waals surface area contributed by atoms with Crippen LogP contribution in [0.25, 0.3) is 0 Å². The lowest BCUT2D eigenvalue weighted by atomic mass is 10.0. The maximum Gasteiger partial charge on any atom is 0.331 e. The fourth-order valence-corrected chi connectivity index (χ4v) is 2.20. The van der Waals surface area contributed by atoms with Gasteiger partial charge in [0.25, 0.3) is 0 Å². The molecular weight excluding hydrogens is 250 g/mol. The molecule has 0 radical (unpaired) electrons. The van der Waals surface area contributed by atoms with Crippen LogP contribution in [0.15, 0.2) is 0 Å². The maximum atomic E-state index is 12.3. The molecule has 5 amide bonds. The van der Waals surface area contributed by atoms with Crippen LogP contribution < -0.4 is 5.32 Å². The number of hydrogen-bond donors (Lipinski definition) is 1. The molecule has 1 aliphatic heterocycles. The second-order valence-corrected chi connectivity index (χ2v) is 5.04. The lowest BCUT2D eigenvalue weighted by Crippen LogP contribution is -2.63. The molecule has 1 saturated carbocycles. The number of carbonyl (C=O) groups is 4. The van der Waals surface area contributed by atoms with Gasteiger partial charge in [-0.25, -0.2) is 4.79 Å². The highest BCUT2D eigenvalue weighted by atomic mass is 16.2. The van der Waals surface area contributed by atoms with Crippen molar-refractivity contribution in [2.24, 2.45) is 5.41 Å². The van der Waals surface area contributed by atoms with E-state index in [1.807, 2.05) is 0 Å². The minimum absolute atomic E-state index is 0.323. The molecule has 0 bridgehead atoms. The SMILES string of the molecule is CCN(C)C(=O)C(C)N1C(=O)NC(=O)C2(CC2)C1=O. The van der Waals surface area contributed by atoms with E-state index < -0.39 is 29.3 Å². The first kappa shape index (κ1) is 13.5. The molecule has 7 nitrogen and oxygen atoms in total. The zero-order valence-electron chi connectivity index (χ0n) is 11.2. The second-order valence-electron chi connectivity index (χ2n) is 5.04. The summed E-state index contributed by atoms with van der Waals surface area (Å²) in [5.74, 6) is -1.41. The first-order valence-corrected chi connectivity index (χ1v) is 6.29. The van der Waals surface area contributed by atoms with E-state index in [0.717, 1.165) is 4.90 Å². The molecule has 7 heteroatoms. The Morgan fingerprint density at radius 3 is 2.47 bits per heavy atom. The quantitative estimate of drug-likeness (QED) is 0.712. The summed E-state index contributed by atoms with van der Waals surface area (Å²) < 4.78 is 0. The van der Waals surface area contributed by atoms with Crippen LogP contribution in [-0.2, 0) is 14.4 Å². The highest BCUT2D eigenvalue weighted by Gasteiger charge is 2.63. The van der Waals surface area contributed by atoms with E-state index in [1.165, 1.54) is 11.8 Å². The average molecular weight is 267 g/mol. The predicted octanol–water partition coefficient (Wildman–Crippen LogP) is -0.288. The molecule has 0 aromatic rings. The molecule has 1 saturated heterocycles. The van der Waals surface area contributed by atoms with Gasteiger partial charge in [-0.3, -0.25) is 24.6 Å². The number of imide groups is 2. The van der Waals surface area contributed by atoms with E-state index >= 15 is 0 Å². The lowest BCUT2D eigenvalue weighted by molar-refractivity contribution is -0.150. The van der Waals surface area contributed by atoms with Crippen LogP contribution in [0, 0.1) is 5.41 Å². The molecule has 0 aromatic carbocycles. The zero-order chi connectivity index (χ0) is 14.4. The highest BCUT2D eigenvalue weighted by molar-refractivity contribution is 6.21. The van der Waals surface area contributed by atoms with Crippen molar-refractivity contribution in [3.05, 3.63) is 0 Å². The minimum Gasteiger partial charge on any atom is -0.344 e. The van der Waals surface area contributed by atoms with Gasteiger partial charge in [0, 0.05) is 13.6 Å². The predicted molar refractivity (Wildman–Crippen MR) is 64.8 cm³/mol. The molecule has 1 aliphatic carbocycles. The highest BCUT2D eigenvalue weighted by Crippen LogP contribution is 2.49. The van der Waals surface area contributed by atoms with Gasteiger partial charge < -0.3 is 4.90 Å². The van der Waals surface area contributed by atoms with Crippen molar-refractivity contribution in [3.63, 3.8) is 0 Å². The van der Waals surface area contributed by atoms with Crippen molar-refractivity contribution in [1.82, 2.24) is 15.1 Å². The van der Waals surface area contributed by atoms with Gasteiger partial charge in [0.2, 0.25) is 17.7 Å². The van der Waals surface area contributed by atoms with E-state index in [1.54, 1.807) is 14.0 Å². The number of amides is 5. The summed E-state index contributed by atoms with van der Waals surface area (Å²) in [7, 11) is 1.60. The molecule has 2 fully saturated rings. The van der Waals surface area contributed by atoms with Crippen LogP contribution in [0.2, 0.25) is 0 Å². The number of hydrogen-bond acceptors (Lipinski definition) is 4. The average Bonchev–Trinajstić information content (AvgIpc) is 3.16. The number of nitrogens with one attached hydrogen (secondary N) is 1. The standard InChI is InChI=1S/C12H17N3O4/c1-4-14(3)8(16)7(2)15-10(18)12(5-6-12)9(17)13-11(15)19/h7H,4-6H2,1-3H3,(H,13,17,19). The van der Waals surface area contributed by atoms with Crippen LogP contribution in [0.5, 0.6) is 0 Å². The molecule has 2 aliphatic rings. The third-order valence-corrected chi connectivity index (χ3v) is 3.85. The normalized spacial score (nSPS) is 22.3. The summed E-state index contributed by atoms with van der Waals surface area (Å²) >= 11 is 0. The van der Waals surface area contributed by atoms with Crippen molar-refractivity contribution >= 4 is 23.8 Å². The largest absolute Gasteiger partial charge is 0.344 e. The van der Waals surface area contributed by atoms with Crippen molar-refractivity contribution in [3.8, 4) is 0 Å². The van der Waals surface area contributed by atoms with Crippen molar-refractivity contribution in [1.29, 1.82) is 0 Å². The van der Waals surface area contributed by atoms with Crippen LogP contribution in [0.4, 0.5) is 4.79 Å². The van der Waals surface area contributed by atoms with Crippen molar-refractivity contribution in [2.75, 3.05) is 13.6 Å². The Hall–Kier alpha value is -1.92. The topological polar surface area (TPSA) is 86.8 Å². The second kappa shape index (κ2) is 4.32. The maximum absolute atomic E-state index is 12.3. The molecule has 0 aromatic heterocycles. The third kappa shape index (κ3) is 1.89. The number of rotatable bonds is 3. The lowest BCUT2D eigenvalue weighted by Gasteiger charge is -2.35. The number of likely N-dealkylation sites (N-methyl/N-ethyl adjacent to an activating group) is 1. The van der Waals surface area contributed by atoms with Gasteiger partial charge in [0.1, 0.15) is 11.5 Å². The van der Waals surface area contributed by atoms with Gasteiger partial charge in [-0.15, -0.1) is 0 Å². The zero-order valence-corrected chi connectivity index (χ0v) is 11.2. The van der Waals surface area contributed by atoms with E-state index in [2.05, 4.69) is 5.32 Å². The molecule has 104 valence electrons. The Bertz CT molecular complexity index is 470. The molecule has 1 atom stereocenters. The van der Waals surface area contributed by atoms with E-state index in [4.69, 9.17) is 0 Å². The number of carbonyl (C=O) groups excluding carboxylic acids is 4. The molecule has 1 unspecified atom stereocenters. The molecular formula is C12H17N3O4. The van der Waals surface area contributed by atoms with Gasteiger partial charge in [-0.2, -0.15) is 0 Å². The molecule has 1 N–H and O–H groups in total. The summed E-state index contributed by atoms with van der Waals surface area (Å²) in [4.78, 5) is 50.1. The van der Waals surface area contributed by atoms with Crippen LogP contribution >= 0.6 is 0 Å². The first-order chi connectivity index (χ1) is 8.85. The summed E-state index contributed by atoms with van der Waals surface area (Å²) in [5.41, 5.74) is -1.10. The van der Waals surface area contributed by atoms with Crippen LogP contribution in [0.3, 0.4) is 0 Å². The van der Waals surface area contributed by atoms with Gasteiger partial charge in [-0.05, 0) is 26.7 Å². The summed E-state index contributed by atoms with van der Waals surface area (Å²) in [5, 5.41) is 2.16. The first-order valence-electron chi connectivity index (χ1n) is 6.29. The minimum atomic E-state index is -1.10. The van der Waals surface area contributed by atoms with Crippen LogP contribution in [0.1, 0.15) is 26.7 Å². The van der Waals surface area contributed by atoms with E-state index in [0.29, 0.717) is 19.4 Å².